The zero-order valence-corrected chi connectivity index (χ0v) is 7.79. The molecule has 14 heavy (non-hydrogen) atoms. The molecule has 1 N–H and O–H groups in total. The monoisotopic (exact) mass is 193 g/mol. The van der Waals surface area contributed by atoms with Crippen molar-refractivity contribution in [2.24, 2.45) is 5.92 Å². The number of ketones is 1. The fourth-order valence-corrected chi connectivity index (χ4v) is 1.55. The van der Waals surface area contributed by atoms with E-state index >= 15 is 0 Å². The highest BCUT2D eigenvalue weighted by Gasteiger charge is 2.22. The van der Waals surface area contributed by atoms with Crippen LogP contribution in [0.15, 0.2) is 24.3 Å². The highest BCUT2D eigenvalue weighted by molar-refractivity contribution is 5.96. The molecule has 74 valence electrons. The Labute approximate surface area is 82.1 Å². The molecular weight excluding hydrogens is 181 g/mol. The van der Waals surface area contributed by atoms with Gasteiger partial charge < -0.3 is 5.32 Å². The Bertz CT molecular complexity index is 347. The van der Waals surface area contributed by atoms with E-state index in [-0.39, 0.29) is 11.3 Å². The average molecular weight is 193 g/mol. The molecule has 2 nitrogen and oxygen atoms in total. The van der Waals surface area contributed by atoms with E-state index in [4.69, 9.17) is 0 Å². The van der Waals surface area contributed by atoms with Crippen molar-refractivity contribution in [2.45, 2.75) is 6.42 Å². The number of carbonyl (C=O) groups is 1. The Morgan fingerprint density at radius 2 is 2.14 bits per heavy atom. The zero-order valence-electron chi connectivity index (χ0n) is 7.79. The average Bonchev–Trinajstić information content (AvgIpc) is 2.12. The van der Waals surface area contributed by atoms with Gasteiger partial charge in [-0.15, -0.1) is 0 Å². The molecule has 1 aromatic carbocycles. The Kier molecular flexibility index (Phi) is 2.59. The van der Waals surface area contributed by atoms with Gasteiger partial charge in [-0.05, 0) is 31.1 Å². The zero-order chi connectivity index (χ0) is 9.97. The lowest BCUT2D eigenvalue weighted by Gasteiger charge is -2.26. The topological polar surface area (TPSA) is 29.1 Å². The molecule has 0 radical (unpaired) electrons. The van der Waals surface area contributed by atoms with Crippen LogP contribution in [-0.2, 0) is 0 Å². The van der Waals surface area contributed by atoms with E-state index in [1.807, 2.05) is 0 Å². The largest absolute Gasteiger partial charge is 0.316 e. The lowest BCUT2D eigenvalue weighted by Crippen LogP contribution is -2.43. The maximum absolute atomic E-state index is 13.2. The van der Waals surface area contributed by atoms with E-state index in [1.165, 1.54) is 6.07 Å². The standard InChI is InChI=1S/C11H12FNO/c12-10-4-2-1-3-9(10)11(14)5-8-6-13-7-8/h1-4,8,13H,5-7H2. The number of rotatable bonds is 3. The van der Waals surface area contributed by atoms with Crippen LogP contribution in [0.4, 0.5) is 4.39 Å². The van der Waals surface area contributed by atoms with Crippen molar-refractivity contribution in [1.82, 2.24) is 5.32 Å². The van der Waals surface area contributed by atoms with Crippen molar-refractivity contribution in [3.63, 3.8) is 0 Å². The minimum absolute atomic E-state index is 0.0883. The van der Waals surface area contributed by atoms with Gasteiger partial charge in [-0.2, -0.15) is 0 Å². The molecule has 1 aliphatic rings. The van der Waals surface area contributed by atoms with Gasteiger partial charge in [-0.25, -0.2) is 4.39 Å². The Morgan fingerprint density at radius 1 is 1.43 bits per heavy atom. The van der Waals surface area contributed by atoms with Crippen molar-refractivity contribution in [3.05, 3.63) is 35.6 Å². The minimum Gasteiger partial charge on any atom is -0.316 e. The second-order valence-electron chi connectivity index (χ2n) is 3.63. The van der Waals surface area contributed by atoms with Crippen LogP contribution >= 0.6 is 0 Å². The third-order valence-corrected chi connectivity index (χ3v) is 2.51. The second kappa shape index (κ2) is 3.88. The Morgan fingerprint density at radius 3 is 2.71 bits per heavy atom. The van der Waals surface area contributed by atoms with Crippen LogP contribution in [0.25, 0.3) is 0 Å². The van der Waals surface area contributed by atoms with E-state index in [0.717, 1.165) is 13.1 Å². The molecule has 0 unspecified atom stereocenters. The van der Waals surface area contributed by atoms with Gasteiger partial charge in [0.15, 0.2) is 5.78 Å². The number of benzene rings is 1. The summed E-state index contributed by atoms with van der Waals surface area (Å²) in [5.74, 6) is -0.110. The van der Waals surface area contributed by atoms with E-state index < -0.39 is 5.82 Å². The van der Waals surface area contributed by atoms with Gasteiger partial charge >= 0.3 is 0 Å². The number of halogens is 1. The van der Waals surface area contributed by atoms with Crippen LogP contribution in [0.1, 0.15) is 16.8 Å². The highest BCUT2D eigenvalue weighted by Crippen LogP contribution is 2.15. The number of hydrogen-bond donors (Lipinski definition) is 1. The van der Waals surface area contributed by atoms with Crippen LogP contribution in [0, 0.1) is 11.7 Å². The maximum Gasteiger partial charge on any atom is 0.166 e. The number of Topliss-reactive ketones (excluding diaryl/α,β-unsaturated/α-hetero) is 1. The first-order chi connectivity index (χ1) is 6.77. The first-order valence-corrected chi connectivity index (χ1v) is 4.76. The van der Waals surface area contributed by atoms with Crippen molar-refractivity contribution >= 4 is 5.78 Å². The van der Waals surface area contributed by atoms with Crippen LogP contribution in [0.2, 0.25) is 0 Å². The fourth-order valence-electron chi connectivity index (χ4n) is 1.55. The molecule has 1 aliphatic heterocycles. The number of nitrogens with one attached hydrogen (secondary N) is 1. The van der Waals surface area contributed by atoms with E-state index in [0.29, 0.717) is 12.3 Å². The molecule has 0 bridgehead atoms. The first-order valence-electron chi connectivity index (χ1n) is 4.76. The van der Waals surface area contributed by atoms with Gasteiger partial charge in [0.2, 0.25) is 0 Å². The van der Waals surface area contributed by atoms with Crippen molar-refractivity contribution in [3.8, 4) is 0 Å². The number of hydrogen-bond acceptors (Lipinski definition) is 2. The minimum atomic E-state index is -0.412. The summed E-state index contributed by atoms with van der Waals surface area (Å²) in [6.07, 6.45) is 0.452. The summed E-state index contributed by atoms with van der Waals surface area (Å²) in [4.78, 5) is 11.6. The van der Waals surface area contributed by atoms with Crippen molar-refractivity contribution in [2.75, 3.05) is 13.1 Å². The predicted molar refractivity (Wildman–Crippen MR) is 51.7 cm³/mol. The summed E-state index contributed by atoms with van der Waals surface area (Å²) >= 11 is 0. The summed E-state index contributed by atoms with van der Waals surface area (Å²) in [6, 6.07) is 6.16. The SMILES string of the molecule is O=C(CC1CNC1)c1ccccc1F. The van der Waals surface area contributed by atoms with Gasteiger partial charge in [-0.1, -0.05) is 12.1 Å². The van der Waals surface area contributed by atoms with Crippen LogP contribution in [0.3, 0.4) is 0 Å². The highest BCUT2D eigenvalue weighted by atomic mass is 19.1. The molecule has 0 aliphatic carbocycles. The summed E-state index contributed by atoms with van der Waals surface area (Å²) in [5, 5.41) is 3.09. The smallest absolute Gasteiger partial charge is 0.166 e. The van der Waals surface area contributed by atoms with Gasteiger partial charge in [0, 0.05) is 6.42 Å². The third kappa shape index (κ3) is 1.82. The first kappa shape index (κ1) is 9.34. The van der Waals surface area contributed by atoms with Crippen LogP contribution in [-0.4, -0.2) is 18.9 Å². The van der Waals surface area contributed by atoms with Crippen molar-refractivity contribution < 1.29 is 9.18 Å². The van der Waals surface area contributed by atoms with Crippen molar-refractivity contribution in [1.29, 1.82) is 0 Å². The molecule has 0 spiro atoms. The van der Waals surface area contributed by atoms with Crippen LogP contribution in [0.5, 0.6) is 0 Å². The summed E-state index contributed by atoms with van der Waals surface area (Å²) in [7, 11) is 0. The molecule has 2 rings (SSSR count). The Balaban J connectivity index is 2.06. The lowest BCUT2D eigenvalue weighted by molar-refractivity contribution is 0.0941. The quantitative estimate of drug-likeness (QED) is 0.739. The third-order valence-electron chi connectivity index (χ3n) is 2.51. The second-order valence-corrected chi connectivity index (χ2v) is 3.63. The molecule has 1 saturated heterocycles. The summed E-state index contributed by atoms with van der Waals surface area (Å²) in [6.45, 7) is 1.75. The molecule has 3 heteroatoms. The molecule has 1 aromatic rings. The summed E-state index contributed by atoms with van der Waals surface area (Å²) < 4.78 is 13.2. The maximum atomic E-state index is 13.2. The van der Waals surface area contributed by atoms with Gasteiger partial charge in [-0.3, -0.25) is 4.79 Å². The Hall–Kier alpha value is -1.22. The normalized spacial score (nSPS) is 16.4. The molecule has 0 atom stereocenters. The molecular formula is C11H12FNO. The lowest BCUT2D eigenvalue weighted by atomic mass is 9.94. The predicted octanol–water partition coefficient (Wildman–Crippen LogP) is 1.62. The van der Waals surface area contributed by atoms with E-state index in [2.05, 4.69) is 5.32 Å². The summed E-state index contributed by atoms with van der Waals surface area (Å²) in [5.41, 5.74) is 0.222. The molecule has 0 aromatic heterocycles. The van der Waals surface area contributed by atoms with Gasteiger partial charge in [0.05, 0.1) is 5.56 Å². The van der Waals surface area contributed by atoms with E-state index in [9.17, 15) is 9.18 Å². The number of carbonyl (C=O) groups excluding carboxylic acids is 1. The molecule has 0 amide bonds. The van der Waals surface area contributed by atoms with Crippen LogP contribution < -0.4 is 5.32 Å². The molecule has 1 heterocycles. The van der Waals surface area contributed by atoms with Gasteiger partial charge in [0.1, 0.15) is 5.82 Å². The molecule has 1 fully saturated rings. The van der Waals surface area contributed by atoms with Gasteiger partial charge in [0.25, 0.3) is 0 Å². The van der Waals surface area contributed by atoms with E-state index in [1.54, 1.807) is 18.2 Å². The fraction of sp³-hybridized carbons (Fsp3) is 0.364. The molecule has 0 saturated carbocycles.